The summed E-state index contributed by atoms with van der Waals surface area (Å²) in [7, 11) is 1.77. The number of ether oxygens (including phenoxy) is 3. The molecule has 2 heterocycles. The quantitative estimate of drug-likeness (QED) is 0.356. The van der Waals surface area contributed by atoms with Gasteiger partial charge in [0.25, 0.3) is 0 Å². The molecule has 7 nitrogen and oxygen atoms in total. The highest BCUT2D eigenvalue weighted by Crippen LogP contribution is 2.11. The maximum Gasteiger partial charge on any atom is 0.213 e. The summed E-state index contributed by atoms with van der Waals surface area (Å²) in [6.07, 6.45) is 6.30. The second-order valence-electron chi connectivity index (χ2n) is 6.27. The van der Waals surface area contributed by atoms with Gasteiger partial charge in [-0.2, -0.15) is 0 Å². The van der Waals surface area contributed by atoms with Crippen LogP contribution in [0.3, 0.4) is 0 Å². The van der Waals surface area contributed by atoms with Gasteiger partial charge in [0.05, 0.1) is 19.3 Å². The topological polar surface area (TPSA) is 77.0 Å². The molecule has 0 bridgehead atoms. The summed E-state index contributed by atoms with van der Waals surface area (Å²) in [5.41, 5.74) is 1.08. The van der Waals surface area contributed by atoms with Crippen LogP contribution in [0.4, 0.5) is 0 Å². The first kappa shape index (κ1) is 20.5. The van der Waals surface area contributed by atoms with Gasteiger partial charge in [0.2, 0.25) is 5.88 Å². The number of rotatable bonds is 11. The maximum absolute atomic E-state index is 5.66. The Labute approximate surface area is 156 Å². The average Bonchev–Trinajstić information content (AvgIpc) is 3.19. The number of nitrogens with one attached hydrogen (secondary N) is 2. The van der Waals surface area contributed by atoms with Gasteiger partial charge in [0.1, 0.15) is 0 Å². The zero-order valence-electron chi connectivity index (χ0n) is 16.0. The van der Waals surface area contributed by atoms with E-state index in [4.69, 9.17) is 14.2 Å². The van der Waals surface area contributed by atoms with E-state index >= 15 is 0 Å². The Kier molecular flexibility index (Phi) is 9.82. The van der Waals surface area contributed by atoms with E-state index in [1.807, 2.05) is 18.3 Å². The van der Waals surface area contributed by atoms with E-state index in [1.54, 1.807) is 7.05 Å². The van der Waals surface area contributed by atoms with Gasteiger partial charge in [-0.3, -0.25) is 4.99 Å². The summed E-state index contributed by atoms with van der Waals surface area (Å²) in [5, 5.41) is 6.57. The highest BCUT2D eigenvalue weighted by molar-refractivity contribution is 5.79. The van der Waals surface area contributed by atoms with E-state index in [2.05, 4.69) is 27.5 Å². The molecule has 1 aromatic rings. The molecule has 1 aromatic heterocycles. The second-order valence-corrected chi connectivity index (χ2v) is 6.27. The number of aliphatic imine (C=N–C) groups is 1. The number of pyridine rings is 1. The molecule has 0 saturated carbocycles. The molecule has 0 spiro atoms. The van der Waals surface area contributed by atoms with Gasteiger partial charge in [-0.05, 0) is 31.2 Å². The molecule has 0 aliphatic carbocycles. The van der Waals surface area contributed by atoms with Crippen LogP contribution in [-0.2, 0) is 16.0 Å². The third kappa shape index (κ3) is 8.01. The predicted molar refractivity (Wildman–Crippen MR) is 103 cm³/mol. The van der Waals surface area contributed by atoms with Gasteiger partial charge in [-0.1, -0.05) is 13.0 Å². The SMILES string of the molecule is CCCOc1ccc(CNC(=NC)NCCCOCC2CCCO2)cn1. The summed E-state index contributed by atoms with van der Waals surface area (Å²) in [6.45, 7) is 6.56. The molecule has 0 amide bonds. The van der Waals surface area contributed by atoms with Crippen molar-refractivity contribution in [1.82, 2.24) is 15.6 Å². The van der Waals surface area contributed by atoms with Crippen molar-refractivity contribution in [2.45, 2.75) is 45.3 Å². The lowest BCUT2D eigenvalue weighted by Crippen LogP contribution is -2.37. The lowest BCUT2D eigenvalue weighted by Gasteiger charge is -2.13. The number of hydrogen-bond acceptors (Lipinski definition) is 5. The Morgan fingerprint density at radius 2 is 2.27 bits per heavy atom. The van der Waals surface area contributed by atoms with Crippen molar-refractivity contribution in [3.05, 3.63) is 23.9 Å². The van der Waals surface area contributed by atoms with Crippen molar-refractivity contribution in [2.75, 3.05) is 40.0 Å². The lowest BCUT2D eigenvalue weighted by atomic mass is 10.2. The Balaban J connectivity index is 1.55. The van der Waals surface area contributed by atoms with E-state index in [0.717, 1.165) is 57.0 Å². The minimum atomic E-state index is 0.296. The van der Waals surface area contributed by atoms with Crippen LogP contribution in [0, 0.1) is 0 Å². The van der Waals surface area contributed by atoms with Crippen molar-refractivity contribution in [3.8, 4) is 5.88 Å². The summed E-state index contributed by atoms with van der Waals surface area (Å²) >= 11 is 0. The molecule has 1 unspecified atom stereocenters. The van der Waals surface area contributed by atoms with Crippen LogP contribution in [0.2, 0.25) is 0 Å². The molecule has 0 aromatic carbocycles. The lowest BCUT2D eigenvalue weighted by molar-refractivity contribution is 0.0168. The third-order valence-electron chi connectivity index (χ3n) is 4.02. The van der Waals surface area contributed by atoms with Crippen LogP contribution >= 0.6 is 0 Å². The normalized spacial score (nSPS) is 17.3. The molecule has 1 saturated heterocycles. The molecule has 1 aliphatic rings. The summed E-state index contributed by atoms with van der Waals surface area (Å²) in [6, 6.07) is 3.91. The van der Waals surface area contributed by atoms with Crippen molar-refractivity contribution in [1.29, 1.82) is 0 Å². The molecule has 1 fully saturated rings. The Hall–Kier alpha value is -1.86. The largest absolute Gasteiger partial charge is 0.478 e. The molecule has 26 heavy (non-hydrogen) atoms. The van der Waals surface area contributed by atoms with Crippen molar-refractivity contribution in [3.63, 3.8) is 0 Å². The smallest absolute Gasteiger partial charge is 0.213 e. The molecular weight excluding hydrogens is 332 g/mol. The van der Waals surface area contributed by atoms with Crippen molar-refractivity contribution < 1.29 is 14.2 Å². The zero-order valence-corrected chi connectivity index (χ0v) is 16.0. The zero-order chi connectivity index (χ0) is 18.5. The first-order valence-corrected chi connectivity index (χ1v) is 9.53. The first-order valence-electron chi connectivity index (χ1n) is 9.53. The summed E-state index contributed by atoms with van der Waals surface area (Å²) in [5.74, 6) is 1.44. The van der Waals surface area contributed by atoms with E-state index in [0.29, 0.717) is 31.7 Å². The monoisotopic (exact) mass is 364 g/mol. The Morgan fingerprint density at radius 3 is 2.96 bits per heavy atom. The number of guanidine groups is 1. The van der Waals surface area contributed by atoms with Crippen LogP contribution in [0.1, 0.15) is 38.2 Å². The number of nitrogens with zero attached hydrogens (tertiary/aromatic N) is 2. The predicted octanol–water partition coefficient (Wildman–Crippen LogP) is 2.12. The van der Waals surface area contributed by atoms with Crippen LogP contribution in [0.15, 0.2) is 23.3 Å². The molecule has 0 radical (unpaired) electrons. The van der Waals surface area contributed by atoms with Crippen LogP contribution in [0.5, 0.6) is 5.88 Å². The van der Waals surface area contributed by atoms with Gasteiger partial charge in [0.15, 0.2) is 5.96 Å². The molecule has 1 aliphatic heterocycles. The minimum absolute atomic E-state index is 0.296. The fraction of sp³-hybridized carbons (Fsp3) is 0.684. The molecule has 1 atom stereocenters. The molecule has 2 N–H and O–H groups in total. The van der Waals surface area contributed by atoms with Crippen molar-refractivity contribution >= 4 is 5.96 Å². The fourth-order valence-electron chi connectivity index (χ4n) is 2.59. The molecular formula is C19H32N4O3. The number of hydrogen-bond donors (Lipinski definition) is 2. The average molecular weight is 364 g/mol. The maximum atomic E-state index is 5.66. The highest BCUT2D eigenvalue weighted by atomic mass is 16.5. The van der Waals surface area contributed by atoms with Gasteiger partial charge < -0.3 is 24.8 Å². The highest BCUT2D eigenvalue weighted by Gasteiger charge is 2.14. The van der Waals surface area contributed by atoms with E-state index in [1.165, 1.54) is 0 Å². The van der Waals surface area contributed by atoms with Crippen LogP contribution < -0.4 is 15.4 Å². The first-order chi connectivity index (χ1) is 12.8. The van der Waals surface area contributed by atoms with E-state index < -0.39 is 0 Å². The van der Waals surface area contributed by atoms with E-state index in [9.17, 15) is 0 Å². The van der Waals surface area contributed by atoms with E-state index in [-0.39, 0.29) is 0 Å². The second kappa shape index (κ2) is 12.5. The summed E-state index contributed by atoms with van der Waals surface area (Å²) in [4.78, 5) is 8.53. The standard InChI is InChI=1S/C19H32N4O3/c1-3-10-26-18-8-7-16(13-22-18)14-23-19(20-2)21-9-5-11-24-15-17-6-4-12-25-17/h7-8,13,17H,3-6,9-12,14-15H2,1-2H3,(H2,20,21,23). The van der Waals surface area contributed by atoms with Gasteiger partial charge in [-0.15, -0.1) is 0 Å². The third-order valence-corrected chi connectivity index (χ3v) is 4.02. The van der Waals surface area contributed by atoms with Gasteiger partial charge >= 0.3 is 0 Å². The number of aromatic nitrogens is 1. The van der Waals surface area contributed by atoms with Crippen LogP contribution in [0.25, 0.3) is 0 Å². The summed E-state index contributed by atoms with van der Waals surface area (Å²) < 4.78 is 16.7. The Bertz CT molecular complexity index is 516. The Morgan fingerprint density at radius 1 is 1.35 bits per heavy atom. The molecule has 7 heteroatoms. The van der Waals surface area contributed by atoms with Crippen molar-refractivity contribution in [2.24, 2.45) is 4.99 Å². The van der Waals surface area contributed by atoms with Gasteiger partial charge in [0, 0.05) is 45.6 Å². The van der Waals surface area contributed by atoms with Crippen LogP contribution in [-0.4, -0.2) is 57.1 Å². The fourth-order valence-corrected chi connectivity index (χ4v) is 2.59. The molecule has 146 valence electrons. The minimum Gasteiger partial charge on any atom is -0.478 e. The molecule has 2 rings (SSSR count). The van der Waals surface area contributed by atoms with Gasteiger partial charge in [-0.25, -0.2) is 4.98 Å².